The molecule has 0 amide bonds. The highest BCUT2D eigenvalue weighted by Crippen LogP contribution is 2.31. The molecule has 0 aromatic heterocycles. The first-order valence-corrected chi connectivity index (χ1v) is 12.2. The van der Waals surface area contributed by atoms with Crippen LogP contribution in [0.25, 0.3) is 0 Å². The Kier molecular flexibility index (Phi) is 7.42. The van der Waals surface area contributed by atoms with Gasteiger partial charge in [-0.05, 0) is 42.9 Å². The molecule has 2 aromatic carbocycles. The van der Waals surface area contributed by atoms with E-state index in [1.165, 1.54) is 6.42 Å². The first kappa shape index (κ1) is 22.6. The summed E-state index contributed by atoms with van der Waals surface area (Å²) in [6.45, 7) is 7.45. The SMILES string of the molecule is CC(C)CCCN(C)c1ccccc1CS(=O)C1=NC(C)(c2ccccc2)C(=S)N1. The van der Waals surface area contributed by atoms with Crippen LogP contribution in [-0.4, -0.2) is 28.0 Å². The van der Waals surface area contributed by atoms with Crippen molar-refractivity contribution in [1.82, 2.24) is 5.32 Å². The van der Waals surface area contributed by atoms with Gasteiger partial charge in [-0.2, -0.15) is 0 Å². The number of rotatable bonds is 8. The molecule has 0 saturated carbocycles. The molecule has 2 atom stereocenters. The van der Waals surface area contributed by atoms with Crippen molar-refractivity contribution in [2.45, 2.75) is 44.9 Å². The van der Waals surface area contributed by atoms with E-state index in [4.69, 9.17) is 17.2 Å². The van der Waals surface area contributed by atoms with E-state index in [1.54, 1.807) is 0 Å². The van der Waals surface area contributed by atoms with Crippen molar-refractivity contribution in [2.75, 3.05) is 18.5 Å². The van der Waals surface area contributed by atoms with Crippen LogP contribution < -0.4 is 10.2 Å². The fourth-order valence-corrected chi connectivity index (χ4v) is 5.13. The van der Waals surface area contributed by atoms with Crippen molar-refractivity contribution in [3.8, 4) is 0 Å². The van der Waals surface area contributed by atoms with E-state index < -0.39 is 16.3 Å². The second-order valence-corrected chi connectivity index (χ2v) is 10.2. The first-order valence-electron chi connectivity index (χ1n) is 10.5. The fraction of sp³-hybridized carbons (Fsp3) is 0.417. The summed E-state index contributed by atoms with van der Waals surface area (Å²) in [5.41, 5.74) is 2.52. The van der Waals surface area contributed by atoms with Gasteiger partial charge in [0.2, 0.25) is 0 Å². The molecule has 160 valence electrons. The lowest BCUT2D eigenvalue weighted by Crippen LogP contribution is -2.34. The van der Waals surface area contributed by atoms with Crippen LogP contribution in [0.5, 0.6) is 0 Å². The third-order valence-corrected chi connectivity index (χ3v) is 7.20. The molecular weight excluding hydrogens is 410 g/mol. The van der Waals surface area contributed by atoms with Crippen LogP contribution in [0.3, 0.4) is 0 Å². The standard InChI is InChI=1S/C24H31N3OS2/c1-18(2)11-10-16-27(4)21-15-9-8-12-19(21)17-30(28)23-25-22(29)24(3,26-23)20-13-6-5-7-14-20/h5-9,12-15,18H,10-11,16-17H2,1-4H3,(H,25,26,29). The number of aliphatic imine (C=N–C) groups is 1. The van der Waals surface area contributed by atoms with E-state index in [9.17, 15) is 4.21 Å². The average molecular weight is 442 g/mol. The molecule has 6 heteroatoms. The predicted molar refractivity (Wildman–Crippen MR) is 133 cm³/mol. The van der Waals surface area contributed by atoms with Gasteiger partial charge in [0.25, 0.3) is 0 Å². The lowest BCUT2D eigenvalue weighted by atomic mass is 9.93. The Balaban J connectivity index is 1.75. The van der Waals surface area contributed by atoms with Gasteiger partial charge in [0.05, 0.1) is 16.6 Å². The molecule has 30 heavy (non-hydrogen) atoms. The summed E-state index contributed by atoms with van der Waals surface area (Å²) in [7, 11) is 0.804. The highest BCUT2D eigenvalue weighted by atomic mass is 32.2. The van der Waals surface area contributed by atoms with E-state index in [1.807, 2.05) is 49.4 Å². The summed E-state index contributed by atoms with van der Waals surface area (Å²) < 4.78 is 13.2. The summed E-state index contributed by atoms with van der Waals surface area (Å²) in [6.07, 6.45) is 2.35. The smallest absolute Gasteiger partial charge is 0.194 e. The van der Waals surface area contributed by atoms with Crippen molar-refractivity contribution in [3.63, 3.8) is 0 Å². The minimum atomic E-state index is -1.30. The van der Waals surface area contributed by atoms with Gasteiger partial charge in [0.1, 0.15) is 10.5 Å². The maximum atomic E-state index is 13.2. The second kappa shape index (κ2) is 9.84. The van der Waals surface area contributed by atoms with E-state index in [0.717, 1.165) is 29.8 Å². The molecule has 1 aliphatic heterocycles. The molecule has 0 fully saturated rings. The zero-order chi connectivity index (χ0) is 21.7. The number of nitrogens with one attached hydrogen (secondary N) is 1. The van der Waals surface area contributed by atoms with Crippen molar-refractivity contribution >= 4 is 38.9 Å². The predicted octanol–water partition coefficient (Wildman–Crippen LogP) is 5.01. The largest absolute Gasteiger partial charge is 0.374 e. The lowest BCUT2D eigenvalue weighted by Gasteiger charge is -2.23. The Labute approximate surface area is 188 Å². The Hall–Kier alpha value is -2.05. The Morgan fingerprint density at radius 1 is 1.13 bits per heavy atom. The molecule has 3 rings (SSSR count). The van der Waals surface area contributed by atoms with Gasteiger partial charge in [-0.15, -0.1) is 0 Å². The molecule has 0 aliphatic carbocycles. The van der Waals surface area contributed by atoms with Gasteiger partial charge in [0.15, 0.2) is 5.17 Å². The van der Waals surface area contributed by atoms with Crippen LogP contribution in [0.1, 0.15) is 44.7 Å². The first-order chi connectivity index (χ1) is 14.3. The molecule has 1 N–H and O–H groups in total. The summed E-state index contributed by atoms with van der Waals surface area (Å²) >= 11 is 5.56. The van der Waals surface area contributed by atoms with Gasteiger partial charge < -0.3 is 10.2 Å². The topological polar surface area (TPSA) is 44.7 Å². The van der Waals surface area contributed by atoms with Crippen LogP contribution in [-0.2, 0) is 22.1 Å². The van der Waals surface area contributed by atoms with Gasteiger partial charge in [-0.1, -0.05) is 74.6 Å². The van der Waals surface area contributed by atoms with Crippen LogP contribution >= 0.6 is 12.2 Å². The molecular formula is C24H31N3OS2. The molecule has 0 bridgehead atoms. The van der Waals surface area contributed by atoms with Gasteiger partial charge in [-0.25, -0.2) is 4.99 Å². The van der Waals surface area contributed by atoms with Crippen LogP contribution in [0.2, 0.25) is 0 Å². The number of benzene rings is 2. The number of nitrogens with zero attached hydrogens (tertiary/aromatic N) is 2. The number of amidine groups is 1. The van der Waals surface area contributed by atoms with Crippen LogP contribution in [0, 0.1) is 5.92 Å². The number of thiocarbonyl (C=S) groups is 1. The molecule has 2 aromatic rings. The Bertz CT molecular complexity index is 942. The van der Waals surface area contributed by atoms with Crippen molar-refractivity contribution < 1.29 is 4.21 Å². The van der Waals surface area contributed by atoms with E-state index in [0.29, 0.717) is 21.8 Å². The van der Waals surface area contributed by atoms with E-state index in [2.05, 4.69) is 43.2 Å². The Morgan fingerprint density at radius 3 is 2.50 bits per heavy atom. The van der Waals surface area contributed by atoms with Crippen molar-refractivity contribution in [3.05, 3.63) is 65.7 Å². The lowest BCUT2D eigenvalue weighted by molar-refractivity contribution is 0.555. The third-order valence-electron chi connectivity index (χ3n) is 5.50. The monoisotopic (exact) mass is 441 g/mol. The number of anilines is 1. The molecule has 1 heterocycles. The highest BCUT2D eigenvalue weighted by molar-refractivity contribution is 8.00. The van der Waals surface area contributed by atoms with Crippen molar-refractivity contribution in [2.24, 2.45) is 10.9 Å². The van der Waals surface area contributed by atoms with Crippen molar-refractivity contribution in [1.29, 1.82) is 0 Å². The van der Waals surface area contributed by atoms with E-state index >= 15 is 0 Å². The molecule has 0 radical (unpaired) electrons. The zero-order valence-corrected chi connectivity index (χ0v) is 19.9. The number of hydrogen-bond donors (Lipinski definition) is 1. The third kappa shape index (κ3) is 5.16. The molecule has 1 aliphatic rings. The highest BCUT2D eigenvalue weighted by Gasteiger charge is 2.38. The van der Waals surface area contributed by atoms with E-state index in [-0.39, 0.29) is 0 Å². The minimum Gasteiger partial charge on any atom is -0.374 e. The molecule has 4 nitrogen and oxygen atoms in total. The summed E-state index contributed by atoms with van der Waals surface area (Å²) in [4.78, 5) is 7.62. The zero-order valence-electron chi connectivity index (χ0n) is 18.2. The Morgan fingerprint density at radius 2 is 1.80 bits per heavy atom. The average Bonchev–Trinajstić information content (AvgIpc) is 3.04. The maximum absolute atomic E-state index is 13.2. The molecule has 2 unspecified atom stereocenters. The minimum absolute atomic E-state index is 0.407. The van der Waals surface area contributed by atoms with Gasteiger partial charge >= 0.3 is 0 Å². The van der Waals surface area contributed by atoms with Gasteiger partial charge in [-0.3, -0.25) is 4.21 Å². The van der Waals surface area contributed by atoms with Gasteiger partial charge in [0, 0.05) is 19.3 Å². The quantitative estimate of drug-likeness (QED) is 0.585. The maximum Gasteiger partial charge on any atom is 0.194 e. The van der Waals surface area contributed by atoms with Crippen LogP contribution in [0.4, 0.5) is 5.69 Å². The second-order valence-electron chi connectivity index (χ2n) is 8.39. The van der Waals surface area contributed by atoms with Crippen LogP contribution in [0.15, 0.2) is 59.6 Å². The fourth-order valence-electron chi connectivity index (χ4n) is 3.64. The normalized spacial score (nSPS) is 19.5. The summed E-state index contributed by atoms with van der Waals surface area (Å²) in [5.74, 6) is 1.11. The molecule has 0 spiro atoms. The summed E-state index contributed by atoms with van der Waals surface area (Å²) in [5, 5.41) is 3.59. The number of para-hydroxylation sites is 1. The molecule has 0 saturated heterocycles. The summed E-state index contributed by atoms with van der Waals surface area (Å²) in [6, 6.07) is 18.1. The number of hydrogen-bond acceptors (Lipinski definition) is 4.